The topological polar surface area (TPSA) is 71.7 Å². The lowest BCUT2D eigenvalue weighted by molar-refractivity contribution is 0.527. The summed E-state index contributed by atoms with van der Waals surface area (Å²) >= 11 is 0. The molecule has 2 rings (SSSR count). The molecule has 1 aromatic carbocycles. The minimum atomic E-state index is -3.80. The van der Waals surface area contributed by atoms with Crippen molar-refractivity contribution in [3.05, 3.63) is 53.7 Å². The zero-order chi connectivity index (χ0) is 13.9. The van der Waals surface area contributed by atoms with Gasteiger partial charge in [0.2, 0.25) is 0 Å². The predicted octanol–water partition coefficient (Wildman–Crippen LogP) is 2.04. The maximum atomic E-state index is 12.7. The fraction of sp³-hybridized carbons (Fsp3) is 0.0833. The molecule has 0 amide bonds. The molecule has 2 aromatic rings. The van der Waals surface area contributed by atoms with Crippen LogP contribution in [0, 0.1) is 12.7 Å². The van der Waals surface area contributed by atoms with Crippen molar-refractivity contribution in [1.29, 1.82) is 0 Å². The molecule has 5 nitrogen and oxygen atoms in total. The number of nitrogens with zero attached hydrogens (tertiary/aromatic N) is 1. The summed E-state index contributed by atoms with van der Waals surface area (Å²) in [6.07, 6.45) is 1.24. The minimum Gasteiger partial charge on any atom is -0.460 e. The molecule has 0 saturated carbocycles. The third-order valence-electron chi connectivity index (χ3n) is 2.25. The van der Waals surface area contributed by atoms with Crippen LogP contribution in [0.4, 0.5) is 4.39 Å². The van der Waals surface area contributed by atoms with Crippen molar-refractivity contribution in [2.75, 3.05) is 0 Å². The number of aryl methyl sites for hydroxylation is 1. The molecular weight excluding hydrogens is 271 g/mol. The number of hydrogen-bond donors (Lipinski definition) is 1. The van der Waals surface area contributed by atoms with Gasteiger partial charge < -0.3 is 4.42 Å². The van der Waals surface area contributed by atoms with E-state index in [1.165, 1.54) is 6.21 Å². The van der Waals surface area contributed by atoms with Crippen LogP contribution in [-0.4, -0.2) is 14.6 Å². The van der Waals surface area contributed by atoms with Crippen LogP contribution >= 0.6 is 0 Å². The Kier molecular flexibility index (Phi) is 3.66. The molecule has 7 heteroatoms. The van der Waals surface area contributed by atoms with Crippen LogP contribution in [0.15, 0.2) is 50.8 Å². The summed E-state index contributed by atoms with van der Waals surface area (Å²) in [5.41, 5.74) is 0. The highest BCUT2D eigenvalue weighted by molar-refractivity contribution is 7.89. The Morgan fingerprint density at radius 2 is 1.89 bits per heavy atom. The van der Waals surface area contributed by atoms with Gasteiger partial charge in [-0.25, -0.2) is 4.39 Å². The second-order valence-electron chi connectivity index (χ2n) is 3.76. The van der Waals surface area contributed by atoms with Crippen molar-refractivity contribution in [3.8, 4) is 0 Å². The first-order valence-corrected chi connectivity index (χ1v) is 6.82. The molecule has 0 aliphatic rings. The van der Waals surface area contributed by atoms with Crippen molar-refractivity contribution >= 4 is 16.2 Å². The first-order chi connectivity index (χ1) is 8.97. The number of sulfonamides is 1. The SMILES string of the molecule is Cc1ccc(/C=N/NS(=O)(=O)c2ccc(F)cc2)o1. The highest BCUT2D eigenvalue weighted by Gasteiger charge is 2.12. The van der Waals surface area contributed by atoms with E-state index in [-0.39, 0.29) is 4.90 Å². The average Bonchev–Trinajstić information content (AvgIpc) is 2.75. The second kappa shape index (κ2) is 5.23. The Balaban J connectivity index is 2.09. The third kappa shape index (κ3) is 3.41. The molecule has 0 fully saturated rings. The summed E-state index contributed by atoms with van der Waals surface area (Å²) in [5.74, 6) is 0.621. The molecule has 1 N–H and O–H groups in total. The molecule has 1 aromatic heterocycles. The molecule has 0 aliphatic carbocycles. The van der Waals surface area contributed by atoms with Crippen LogP contribution < -0.4 is 4.83 Å². The maximum Gasteiger partial charge on any atom is 0.276 e. The molecular formula is C12H11FN2O3S. The summed E-state index contributed by atoms with van der Waals surface area (Å²) in [6, 6.07) is 7.83. The Bertz CT molecular complexity index is 690. The molecule has 19 heavy (non-hydrogen) atoms. The van der Waals surface area contributed by atoms with E-state index >= 15 is 0 Å². The Morgan fingerprint density at radius 3 is 2.47 bits per heavy atom. The number of hydrazone groups is 1. The van der Waals surface area contributed by atoms with E-state index in [1.807, 2.05) is 4.83 Å². The first-order valence-electron chi connectivity index (χ1n) is 5.34. The van der Waals surface area contributed by atoms with Gasteiger partial charge in [0.1, 0.15) is 17.3 Å². The van der Waals surface area contributed by atoms with Gasteiger partial charge in [0.05, 0.1) is 11.1 Å². The van der Waals surface area contributed by atoms with Crippen LogP contribution in [0.1, 0.15) is 11.5 Å². The van der Waals surface area contributed by atoms with Gasteiger partial charge in [0.25, 0.3) is 10.0 Å². The zero-order valence-corrected chi connectivity index (χ0v) is 10.8. The van der Waals surface area contributed by atoms with Crippen LogP contribution in [0.3, 0.4) is 0 Å². The summed E-state index contributed by atoms with van der Waals surface area (Å²) < 4.78 is 41.4. The summed E-state index contributed by atoms with van der Waals surface area (Å²) in [6.45, 7) is 1.76. The smallest absolute Gasteiger partial charge is 0.276 e. The first kappa shape index (κ1) is 13.3. The minimum absolute atomic E-state index is 0.0679. The van der Waals surface area contributed by atoms with Gasteiger partial charge in [0, 0.05) is 0 Å². The lowest BCUT2D eigenvalue weighted by Gasteiger charge is -2.02. The molecule has 0 unspecified atom stereocenters. The van der Waals surface area contributed by atoms with E-state index in [2.05, 4.69) is 5.10 Å². The van der Waals surface area contributed by atoms with E-state index in [4.69, 9.17) is 4.42 Å². The fourth-order valence-electron chi connectivity index (χ4n) is 1.35. The lowest BCUT2D eigenvalue weighted by atomic mass is 10.4. The number of rotatable bonds is 4. The number of furan rings is 1. The Morgan fingerprint density at radius 1 is 1.21 bits per heavy atom. The highest BCUT2D eigenvalue weighted by Crippen LogP contribution is 2.09. The van der Waals surface area contributed by atoms with Crippen LogP contribution in [0.25, 0.3) is 0 Å². The molecule has 100 valence electrons. The van der Waals surface area contributed by atoms with Crippen molar-refractivity contribution < 1.29 is 17.2 Å². The van der Waals surface area contributed by atoms with Crippen molar-refractivity contribution in [2.24, 2.45) is 5.10 Å². The van der Waals surface area contributed by atoms with E-state index < -0.39 is 15.8 Å². The zero-order valence-electron chi connectivity index (χ0n) is 10.00. The average molecular weight is 282 g/mol. The van der Waals surface area contributed by atoms with Gasteiger partial charge in [-0.3, -0.25) is 0 Å². The molecule has 0 atom stereocenters. The summed E-state index contributed by atoms with van der Waals surface area (Å²) in [4.78, 5) is 1.94. The maximum absolute atomic E-state index is 12.7. The molecule has 1 heterocycles. The molecule has 0 bridgehead atoms. The van der Waals surface area contributed by atoms with Crippen LogP contribution in [0.5, 0.6) is 0 Å². The number of hydrogen-bond acceptors (Lipinski definition) is 4. The summed E-state index contributed by atoms with van der Waals surface area (Å²) in [5, 5.41) is 3.57. The van der Waals surface area contributed by atoms with Gasteiger partial charge in [-0.15, -0.1) is 0 Å². The molecule has 0 radical (unpaired) electrons. The fourth-order valence-corrected chi connectivity index (χ4v) is 2.14. The normalized spacial score (nSPS) is 11.9. The Hall–Kier alpha value is -2.15. The second-order valence-corrected chi connectivity index (χ2v) is 5.42. The molecule has 0 spiro atoms. The van der Waals surface area contributed by atoms with E-state index in [9.17, 15) is 12.8 Å². The van der Waals surface area contributed by atoms with Crippen LogP contribution in [0.2, 0.25) is 0 Å². The quantitative estimate of drug-likeness (QED) is 0.689. The number of nitrogens with one attached hydrogen (secondary N) is 1. The van der Waals surface area contributed by atoms with Crippen molar-refractivity contribution in [3.63, 3.8) is 0 Å². The highest BCUT2D eigenvalue weighted by atomic mass is 32.2. The van der Waals surface area contributed by atoms with Gasteiger partial charge in [0.15, 0.2) is 0 Å². The summed E-state index contributed by atoms with van der Waals surface area (Å²) in [7, 11) is -3.80. The van der Waals surface area contributed by atoms with Crippen molar-refractivity contribution in [1.82, 2.24) is 4.83 Å². The number of benzene rings is 1. The van der Waals surface area contributed by atoms with Gasteiger partial charge in [-0.2, -0.15) is 18.4 Å². The third-order valence-corrected chi connectivity index (χ3v) is 3.49. The monoisotopic (exact) mass is 282 g/mol. The van der Waals surface area contributed by atoms with Gasteiger partial charge in [-0.1, -0.05) is 0 Å². The van der Waals surface area contributed by atoms with E-state index in [0.29, 0.717) is 11.5 Å². The van der Waals surface area contributed by atoms with Gasteiger partial charge in [-0.05, 0) is 43.3 Å². The molecule has 0 saturated heterocycles. The largest absolute Gasteiger partial charge is 0.460 e. The van der Waals surface area contributed by atoms with Gasteiger partial charge >= 0.3 is 0 Å². The number of halogens is 1. The van der Waals surface area contributed by atoms with Crippen molar-refractivity contribution in [2.45, 2.75) is 11.8 Å². The van der Waals surface area contributed by atoms with E-state index in [1.54, 1.807) is 19.1 Å². The lowest BCUT2D eigenvalue weighted by Crippen LogP contribution is -2.18. The predicted molar refractivity (Wildman–Crippen MR) is 67.8 cm³/mol. The standard InChI is InChI=1S/C12H11FN2O3S/c1-9-2-5-11(18-9)8-14-15-19(16,17)12-6-3-10(13)4-7-12/h2-8,15H,1H3/b14-8+. The van der Waals surface area contributed by atoms with E-state index in [0.717, 1.165) is 24.3 Å². The Labute approximate surface area is 109 Å². The molecule has 0 aliphatic heterocycles. The van der Waals surface area contributed by atoms with Crippen LogP contribution in [-0.2, 0) is 10.0 Å².